The summed E-state index contributed by atoms with van der Waals surface area (Å²) in [6, 6.07) is 15.0. The maximum atomic E-state index is 6.34. The summed E-state index contributed by atoms with van der Waals surface area (Å²) >= 11 is 0. The van der Waals surface area contributed by atoms with Crippen molar-refractivity contribution in [2.75, 3.05) is 106 Å². The molecule has 0 unspecified atom stereocenters. The maximum Gasteiger partial charge on any atom is 0.169 e. The summed E-state index contributed by atoms with van der Waals surface area (Å²) in [4.78, 5) is 0. The Balaban J connectivity index is 1.58. The highest BCUT2D eigenvalue weighted by Crippen LogP contribution is 2.37. The highest BCUT2D eigenvalue weighted by Gasteiger charge is 2.29. The predicted octanol–water partition coefficient (Wildman–Crippen LogP) is 3.91. The third-order valence-electron chi connectivity index (χ3n) is 6.64. The molecule has 1 fully saturated rings. The molecule has 2 aromatic rings. The Labute approximate surface area is 254 Å². The van der Waals surface area contributed by atoms with Gasteiger partial charge < -0.3 is 52.1 Å². The molecule has 2 aliphatic heterocycles. The molecular formula is C32H46O11. The highest BCUT2D eigenvalue weighted by molar-refractivity contribution is 5.47. The molecule has 0 amide bonds. The van der Waals surface area contributed by atoms with Gasteiger partial charge in [-0.3, -0.25) is 0 Å². The molecule has 0 radical (unpaired) electrons. The van der Waals surface area contributed by atoms with Gasteiger partial charge in [-0.1, -0.05) is 24.3 Å². The lowest BCUT2D eigenvalue weighted by atomic mass is 10.1. The van der Waals surface area contributed by atoms with Crippen LogP contribution < -0.4 is 14.2 Å². The molecule has 11 nitrogen and oxygen atoms in total. The van der Waals surface area contributed by atoms with Gasteiger partial charge in [0, 0.05) is 0 Å². The number of fused-ring (bicyclic) bond motifs is 12. The molecule has 2 aliphatic rings. The fourth-order valence-corrected chi connectivity index (χ4v) is 4.29. The molecule has 43 heavy (non-hydrogen) atoms. The standard InChI is InChI=1S/C32H46O11/c1-31-23-37-17-15-34-16-18-38-24-32(2,42-22-20-36-14-12-33-11-13-35-19-21-41-31)26-40-28-8-4-6-10-30(28)43-29-9-5-3-7-27(29)39-25-31/h3-10H,11-26H2,1-2H3/t31-,32+. The van der Waals surface area contributed by atoms with Crippen LogP contribution in [0.15, 0.2) is 48.5 Å². The first-order chi connectivity index (χ1) is 21.1. The molecule has 2 aromatic carbocycles. The van der Waals surface area contributed by atoms with Crippen molar-refractivity contribution >= 4 is 0 Å². The van der Waals surface area contributed by atoms with E-state index in [4.69, 9.17) is 52.1 Å². The summed E-state index contributed by atoms with van der Waals surface area (Å²) in [6.45, 7) is 9.97. The van der Waals surface area contributed by atoms with Gasteiger partial charge in [-0.2, -0.15) is 0 Å². The topological polar surface area (TPSA) is 102 Å². The van der Waals surface area contributed by atoms with Crippen molar-refractivity contribution in [2.45, 2.75) is 25.0 Å². The Kier molecular flexibility index (Phi) is 14.3. The van der Waals surface area contributed by atoms with Crippen LogP contribution in [0.1, 0.15) is 13.8 Å². The number of benzene rings is 2. The number of hydrogen-bond acceptors (Lipinski definition) is 11. The van der Waals surface area contributed by atoms with Gasteiger partial charge in [0.2, 0.25) is 0 Å². The van der Waals surface area contributed by atoms with Crippen molar-refractivity contribution in [2.24, 2.45) is 0 Å². The normalized spacial score (nSPS) is 26.7. The largest absolute Gasteiger partial charge is 0.487 e. The van der Waals surface area contributed by atoms with E-state index in [1.807, 2.05) is 62.4 Å². The van der Waals surface area contributed by atoms with Crippen LogP contribution in [0.25, 0.3) is 0 Å². The predicted molar refractivity (Wildman–Crippen MR) is 158 cm³/mol. The van der Waals surface area contributed by atoms with Gasteiger partial charge in [0.15, 0.2) is 23.0 Å². The summed E-state index contributed by atoms with van der Waals surface area (Å²) < 4.78 is 66.0. The zero-order chi connectivity index (χ0) is 30.1. The van der Waals surface area contributed by atoms with Crippen LogP contribution in [0.3, 0.4) is 0 Å². The second kappa shape index (κ2) is 18.4. The Morgan fingerprint density at radius 2 is 0.721 bits per heavy atom. The molecule has 4 rings (SSSR count). The molecule has 0 aliphatic carbocycles. The van der Waals surface area contributed by atoms with E-state index in [-0.39, 0.29) is 13.2 Å². The Morgan fingerprint density at radius 3 is 1.12 bits per heavy atom. The molecule has 2 bridgehead atoms. The Bertz CT molecular complexity index is 974. The van der Waals surface area contributed by atoms with Crippen LogP contribution in [-0.4, -0.2) is 117 Å². The van der Waals surface area contributed by atoms with Gasteiger partial charge in [0.25, 0.3) is 0 Å². The number of hydrogen-bond donors (Lipinski definition) is 0. The van der Waals surface area contributed by atoms with Gasteiger partial charge >= 0.3 is 0 Å². The lowest BCUT2D eigenvalue weighted by Gasteiger charge is -2.31. The highest BCUT2D eigenvalue weighted by atomic mass is 16.6. The Morgan fingerprint density at radius 1 is 0.395 bits per heavy atom. The van der Waals surface area contributed by atoms with Gasteiger partial charge in [-0.05, 0) is 38.1 Å². The van der Waals surface area contributed by atoms with E-state index in [2.05, 4.69) is 0 Å². The third-order valence-corrected chi connectivity index (χ3v) is 6.64. The first kappa shape index (κ1) is 33.4. The second-order valence-corrected chi connectivity index (χ2v) is 10.7. The molecule has 1 saturated heterocycles. The van der Waals surface area contributed by atoms with Crippen molar-refractivity contribution in [3.05, 3.63) is 48.5 Å². The summed E-state index contributed by atoms with van der Waals surface area (Å²) in [7, 11) is 0. The van der Waals surface area contributed by atoms with Crippen LogP contribution >= 0.6 is 0 Å². The first-order valence-electron chi connectivity index (χ1n) is 14.9. The van der Waals surface area contributed by atoms with Crippen LogP contribution in [0, 0.1) is 0 Å². The van der Waals surface area contributed by atoms with Crippen molar-refractivity contribution in [1.82, 2.24) is 0 Å². The summed E-state index contributed by atoms with van der Waals surface area (Å²) in [5.41, 5.74) is -1.51. The van der Waals surface area contributed by atoms with Gasteiger partial charge in [0.05, 0.1) is 92.5 Å². The minimum absolute atomic E-state index is 0.221. The van der Waals surface area contributed by atoms with Crippen molar-refractivity contribution < 1.29 is 52.1 Å². The molecule has 0 N–H and O–H groups in total. The molecule has 11 heteroatoms. The number of rotatable bonds is 0. The van der Waals surface area contributed by atoms with Gasteiger partial charge in [0.1, 0.15) is 24.4 Å². The molecule has 2 heterocycles. The van der Waals surface area contributed by atoms with Crippen molar-refractivity contribution in [3.8, 4) is 23.0 Å². The lowest BCUT2D eigenvalue weighted by Crippen LogP contribution is -2.42. The SMILES string of the molecule is C[C@]12COCCOCCOC[C@](C)(COc3ccccc3Oc3ccccc3OC1)OCCOCCOCCOCCO2. The van der Waals surface area contributed by atoms with E-state index in [0.29, 0.717) is 115 Å². The monoisotopic (exact) mass is 606 g/mol. The van der Waals surface area contributed by atoms with Crippen molar-refractivity contribution in [1.29, 1.82) is 0 Å². The summed E-state index contributed by atoms with van der Waals surface area (Å²) in [6.07, 6.45) is 0. The first-order valence-corrected chi connectivity index (χ1v) is 14.9. The van der Waals surface area contributed by atoms with E-state index in [0.717, 1.165) is 0 Å². The van der Waals surface area contributed by atoms with E-state index < -0.39 is 11.2 Å². The van der Waals surface area contributed by atoms with E-state index in [1.54, 1.807) is 0 Å². The minimum atomic E-state index is -0.756. The number of para-hydroxylation sites is 4. The van der Waals surface area contributed by atoms with E-state index in [9.17, 15) is 0 Å². The van der Waals surface area contributed by atoms with Crippen molar-refractivity contribution in [3.63, 3.8) is 0 Å². The third kappa shape index (κ3) is 12.2. The van der Waals surface area contributed by atoms with Gasteiger partial charge in [-0.25, -0.2) is 0 Å². The van der Waals surface area contributed by atoms with E-state index in [1.165, 1.54) is 0 Å². The van der Waals surface area contributed by atoms with Gasteiger partial charge in [-0.15, -0.1) is 0 Å². The van der Waals surface area contributed by atoms with Crippen LogP contribution in [0.5, 0.6) is 23.0 Å². The molecule has 2 atom stereocenters. The molecule has 0 aromatic heterocycles. The van der Waals surface area contributed by atoms with E-state index >= 15 is 0 Å². The van der Waals surface area contributed by atoms with Crippen LogP contribution in [-0.2, 0) is 37.9 Å². The molecule has 0 saturated carbocycles. The summed E-state index contributed by atoms with van der Waals surface area (Å²) in [5, 5.41) is 0. The number of ether oxygens (including phenoxy) is 11. The van der Waals surface area contributed by atoms with Crippen LogP contribution in [0.2, 0.25) is 0 Å². The Hall–Kier alpha value is -2.48. The zero-order valence-corrected chi connectivity index (χ0v) is 25.4. The lowest BCUT2D eigenvalue weighted by molar-refractivity contribution is -0.130. The fourth-order valence-electron chi connectivity index (χ4n) is 4.29. The average molecular weight is 607 g/mol. The quantitative estimate of drug-likeness (QED) is 0.408. The molecule has 240 valence electrons. The maximum absolute atomic E-state index is 6.34. The average Bonchev–Trinajstić information content (AvgIpc) is 3.01. The smallest absolute Gasteiger partial charge is 0.169 e. The second-order valence-electron chi connectivity index (χ2n) is 10.7. The van der Waals surface area contributed by atoms with Crippen LogP contribution in [0.4, 0.5) is 0 Å². The molecular weight excluding hydrogens is 560 g/mol. The fraction of sp³-hybridized carbons (Fsp3) is 0.625. The zero-order valence-electron chi connectivity index (χ0n) is 25.4. The summed E-state index contributed by atoms with van der Waals surface area (Å²) in [5.74, 6) is 2.22. The minimum Gasteiger partial charge on any atom is -0.487 e. The molecule has 0 spiro atoms.